The first-order chi connectivity index (χ1) is 9.90. The molecule has 1 aromatic carbocycles. The molecule has 1 N–H and O–H groups in total. The van der Waals surface area contributed by atoms with Gasteiger partial charge in [0.15, 0.2) is 0 Å². The Morgan fingerprint density at radius 2 is 1.76 bits per heavy atom. The van der Waals surface area contributed by atoms with Crippen molar-refractivity contribution >= 4 is 5.69 Å². The number of anilines is 1. The third-order valence-electron chi connectivity index (χ3n) is 3.07. The van der Waals surface area contributed by atoms with Gasteiger partial charge in [0.25, 0.3) is 0 Å². The van der Waals surface area contributed by atoms with E-state index in [0.29, 0.717) is 17.8 Å². The molecule has 2 aromatic rings. The normalized spacial score (nSPS) is 13.0. The number of hydrogen-bond acceptors (Lipinski definition) is 2. The Morgan fingerprint density at radius 3 is 2.24 bits per heavy atom. The van der Waals surface area contributed by atoms with Crippen molar-refractivity contribution in [3.05, 3.63) is 59.7 Å². The molecule has 1 aromatic heterocycles. The average Bonchev–Trinajstić information content (AvgIpc) is 2.45. The van der Waals surface area contributed by atoms with Gasteiger partial charge in [-0.3, -0.25) is 4.98 Å². The lowest BCUT2D eigenvalue weighted by atomic mass is 10.1. The second kappa shape index (κ2) is 6.11. The number of nitrogens with one attached hydrogen (secondary N) is 1. The van der Waals surface area contributed by atoms with Crippen LogP contribution in [-0.4, -0.2) is 4.98 Å². The summed E-state index contributed by atoms with van der Waals surface area (Å²) in [5.74, 6) is -0.428. The Hall–Kier alpha value is -2.11. The van der Waals surface area contributed by atoms with Crippen LogP contribution in [0.15, 0.2) is 42.6 Å². The largest absolute Gasteiger partial charge is 0.416 e. The van der Waals surface area contributed by atoms with Gasteiger partial charge in [0, 0.05) is 5.69 Å². The van der Waals surface area contributed by atoms with E-state index < -0.39 is 17.6 Å². The lowest BCUT2D eigenvalue weighted by Gasteiger charge is -2.18. The van der Waals surface area contributed by atoms with E-state index in [1.54, 1.807) is 6.07 Å². The summed E-state index contributed by atoms with van der Waals surface area (Å²) in [7, 11) is 0. The van der Waals surface area contributed by atoms with Crippen LogP contribution in [0.1, 0.15) is 30.6 Å². The van der Waals surface area contributed by atoms with Crippen molar-refractivity contribution < 1.29 is 17.6 Å². The topological polar surface area (TPSA) is 24.9 Å². The first kappa shape index (κ1) is 15.3. The molecule has 21 heavy (non-hydrogen) atoms. The summed E-state index contributed by atoms with van der Waals surface area (Å²) in [6.07, 6.45) is -2.56. The first-order valence-electron chi connectivity index (χ1n) is 6.45. The van der Waals surface area contributed by atoms with Crippen LogP contribution in [0.3, 0.4) is 0 Å². The van der Waals surface area contributed by atoms with E-state index in [-0.39, 0.29) is 6.04 Å². The van der Waals surface area contributed by atoms with Gasteiger partial charge in [-0.1, -0.05) is 6.92 Å². The van der Waals surface area contributed by atoms with E-state index >= 15 is 0 Å². The number of benzene rings is 1. The molecule has 0 bridgehead atoms. The molecule has 0 aliphatic heterocycles. The molecule has 6 heteroatoms. The lowest BCUT2D eigenvalue weighted by molar-refractivity contribution is -0.137. The minimum Gasteiger partial charge on any atom is -0.377 e. The molecule has 2 rings (SSSR count). The van der Waals surface area contributed by atoms with Gasteiger partial charge in [-0.15, -0.1) is 0 Å². The quantitative estimate of drug-likeness (QED) is 0.820. The number of pyridine rings is 1. The monoisotopic (exact) mass is 298 g/mol. The summed E-state index contributed by atoms with van der Waals surface area (Å²) >= 11 is 0. The first-order valence-corrected chi connectivity index (χ1v) is 6.45. The predicted molar refractivity (Wildman–Crippen MR) is 72.3 cm³/mol. The maximum absolute atomic E-state index is 12.8. The van der Waals surface area contributed by atoms with Gasteiger partial charge in [-0.2, -0.15) is 13.2 Å². The van der Waals surface area contributed by atoms with Crippen molar-refractivity contribution in [1.82, 2.24) is 4.98 Å². The summed E-state index contributed by atoms with van der Waals surface area (Å²) in [5.41, 5.74) is 0.501. The standard InChI is InChI=1S/C15H14F4N2/c1-2-13(14-8-5-11(16)9-20-14)21-12-6-3-10(4-7-12)15(17,18)19/h3-9,13,21H,2H2,1H3. The van der Waals surface area contributed by atoms with Crippen LogP contribution in [0.25, 0.3) is 0 Å². The Labute approximate surface area is 119 Å². The van der Waals surface area contributed by atoms with Crippen LogP contribution in [0.4, 0.5) is 23.2 Å². The zero-order chi connectivity index (χ0) is 15.5. The molecule has 0 saturated heterocycles. The van der Waals surface area contributed by atoms with Gasteiger partial charge in [0.05, 0.1) is 23.5 Å². The highest BCUT2D eigenvalue weighted by Gasteiger charge is 2.30. The molecule has 0 radical (unpaired) electrons. The fourth-order valence-electron chi connectivity index (χ4n) is 1.94. The van der Waals surface area contributed by atoms with E-state index in [1.165, 1.54) is 18.2 Å². The highest BCUT2D eigenvalue weighted by atomic mass is 19.4. The minimum atomic E-state index is -4.35. The molecule has 1 unspecified atom stereocenters. The molecule has 2 nitrogen and oxygen atoms in total. The molecular formula is C15H14F4N2. The van der Waals surface area contributed by atoms with Crippen molar-refractivity contribution in [2.45, 2.75) is 25.6 Å². The predicted octanol–water partition coefficient (Wildman–Crippen LogP) is 4.80. The lowest BCUT2D eigenvalue weighted by Crippen LogP contribution is -2.12. The van der Waals surface area contributed by atoms with Crippen LogP contribution in [-0.2, 0) is 6.18 Å². The zero-order valence-corrected chi connectivity index (χ0v) is 11.3. The highest BCUT2D eigenvalue weighted by Crippen LogP contribution is 2.30. The summed E-state index contributed by atoms with van der Waals surface area (Å²) in [6, 6.07) is 7.45. The summed E-state index contributed by atoms with van der Waals surface area (Å²) < 4.78 is 50.3. The molecule has 1 atom stereocenters. The summed E-state index contributed by atoms with van der Waals surface area (Å²) in [4.78, 5) is 3.98. The molecule has 112 valence electrons. The van der Waals surface area contributed by atoms with Crippen molar-refractivity contribution in [2.75, 3.05) is 5.32 Å². The molecule has 0 saturated carbocycles. The van der Waals surface area contributed by atoms with Crippen LogP contribution >= 0.6 is 0 Å². The van der Waals surface area contributed by atoms with Crippen LogP contribution in [0.5, 0.6) is 0 Å². The molecule has 0 aliphatic rings. The third-order valence-corrected chi connectivity index (χ3v) is 3.07. The summed E-state index contributed by atoms with van der Waals surface area (Å²) in [5, 5.41) is 3.09. The van der Waals surface area contributed by atoms with Gasteiger partial charge in [0.1, 0.15) is 5.82 Å². The van der Waals surface area contributed by atoms with Crippen molar-refractivity contribution in [3.63, 3.8) is 0 Å². The zero-order valence-electron chi connectivity index (χ0n) is 11.3. The number of aromatic nitrogens is 1. The Bertz CT molecular complexity index is 576. The van der Waals surface area contributed by atoms with E-state index in [0.717, 1.165) is 18.3 Å². The molecule has 0 spiro atoms. The average molecular weight is 298 g/mol. The van der Waals surface area contributed by atoms with E-state index in [4.69, 9.17) is 0 Å². The number of nitrogens with zero attached hydrogens (tertiary/aromatic N) is 1. The number of halogens is 4. The van der Waals surface area contributed by atoms with Gasteiger partial charge in [-0.05, 0) is 42.8 Å². The fourth-order valence-corrected chi connectivity index (χ4v) is 1.94. The number of alkyl halides is 3. The number of hydrogen-bond donors (Lipinski definition) is 1. The second-order valence-electron chi connectivity index (χ2n) is 4.58. The van der Waals surface area contributed by atoms with E-state index in [9.17, 15) is 17.6 Å². The highest BCUT2D eigenvalue weighted by molar-refractivity contribution is 5.46. The Balaban J connectivity index is 2.13. The van der Waals surface area contributed by atoms with Gasteiger partial charge < -0.3 is 5.32 Å². The SMILES string of the molecule is CCC(Nc1ccc(C(F)(F)F)cc1)c1ccc(F)cn1. The molecule has 1 heterocycles. The maximum Gasteiger partial charge on any atom is 0.416 e. The summed E-state index contributed by atoms with van der Waals surface area (Å²) in [6.45, 7) is 1.91. The maximum atomic E-state index is 12.8. The van der Waals surface area contributed by atoms with Crippen molar-refractivity contribution in [2.24, 2.45) is 0 Å². The van der Waals surface area contributed by atoms with Crippen molar-refractivity contribution in [3.8, 4) is 0 Å². The Morgan fingerprint density at radius 1 is 1.10 bits per heavy atom. The van der Waals surface area contributed by atoms with E-state index in [2.05, 4.69) is 10.3 Å². The third kappa shape index (κ3) is 3.93. The van der Waals surface area contributed by atoms with Crippen LogP contribution < -0.4 is 5.32 Å². The van der Waals surface area contributed by atoms with Gasteiger partial charge >= 0.3 is 6.18 Å². The van der Waals surface area contributed by atoms with Crippen LogP contribution in [0.2, 0.25) is 0 Å². The number of rotatable bonds is 4. The smallest absolute Gasteiger partial charge is 0.377 e. The molecular weight excluding hydrogens is 284 g/mol. The van der Waals surface area contributed by atoms with E-state index in [1.807, 2.05) is 6.92 Å². The molecule has 0 fully saturated rings. The van der Waals surface area contributed by atoms with Crippen LogP contribution in [0, 0.1) is 5.82 Å². The fraction of sp³-hybridized carbons (Fsp3) is 0.267. The van der Waals surface area contributed by atoms with Gasteiger partial charge in [0.2, 0.25) is 0 Å². The van der Waals surface area contributed by atoms with Crippen molar-refractivity contribution in [1.29, 1.82) is 0 Å². The molecule has 0 aliphatic carbocycles. The molecule has 0 amide bonds. The minimum absolute atomic E-state index is 0.192. The second-order valence-corrected chi connectivity index (χ2v) is 4.58. The van der Waals surface area contributed by atoms with Gasteiger partial charge in [-0.25, -0.2) is 4.39 Å². The Kier molecular flexibility index (Phi) is 4.45.